The molecule has 0 aliphatic carbocycles. The maximum absolute atomic E-state index is 14.3. The molecule has 1 N–H and O–H groups in total. The van der Waals surface area contributed by atoms with E-state index in [4.69, 9.17) is 0 Å². The smallest absolute Gasteiger partial charge is 0.375 e. The highest BCUT2D eigenvalue weighted by molar-refractivity contribution is 5.55. The van der Waals surface area contributed by atoms with E-state index in [0.717, 1.165) is 6.07 Å². The molecule has 4 rings (SSSR count). The van der Waals surface area contributed by atoms with Crippen molar-refractivity contribution in [1.29, 1.82) is 0 Å². The Morgan fingerprint density at radius 2 is 1.31 bits per heavy atom. The summed E-state index contributed by atoms with van der Waals surface area (Å²) in [5.41, 5.74) is -0.337. The summed E-state index contributed by atoms with van der Waals surface area (Å²) in [7, 11) is 0. The summed E-state index contributed by atoms with van der Waals surface area (Å²) < 4.78 is 44.4. The highest BCUT2D eigenvalue weighted by atomic mass is 19.4. The lowest BCUT2D eigenvalue weighted by Gasteiger charge is -2.32. The summed E-state index contributed by atoms with van der Waals surface area (Å²) in [6.45, 7) is 5.76. The van der Waals surface area contributed by atoms with E-state index < -0.39 is 17.3 Å². The molecule has 3 nitrogen and oxygen atoms in total. The van der Waals surface area contributed by atoms with E-state index in [1.807, 2.05) is 50.2 Å². The summed E-state index contributed by atoms with van der Waals surface area (Å²) in [5, 5.41) is 12.3. The van der Waals surface area contributed by atoms with Crippen LogP contribution in [-0.2, 0) is 18.3 Å². The second-order valence-electron chi connectivity index (χ2n) is 8.48. The molecule has 0 saturated carbocycles. The molecule has 0 saturated heterocycles. The van der Waals surface area contributed by atoms with Crippen LogP contribution < -0.4 is 0 Å². The van der Waals surface area contributed by atoms with Crippen LogP contribution in [0.3, 0.4) is 0 Å². The van der Waals surface area contributed by atoms with Crippen LogP contribution in [0.5, 0.6) is 0 Å². The number of nitrogens with zero attached hydrogens (tertiary/aromatic N) is 2. The van der Waals surface area contributed by atoms with E-state index in [1.165, 1.54) is 10.6 Å². The Labute approximate surface area is 204 Å². The van der Waals surface area contributed by atoms with Crippen LogP contribution in [0, 0.1) is 0 Å². The fourth-order valence-corrected chi connectivity index (χ4v) is 4.61. The number of aromatic nitrogens is 1. The average Bonchev–Trinajstić information content (AvgIpc) is 3.37. The van der Waals surface area contributed by atoms with Gasteiger partial charge in [0.15, 0.2) is 5.60 Å². The number of rotatable bonds is 8. The molecule has 3 aromatic carbocycles. The van der Waals surface area contributed by atoms with E-state index in [1.54, 1.807) is 48.7 Å². The van der Waals surface area contributed by atoms with E-state index in [-0.39, 0.29) is 5.69 Å². The predicted molar refractivity (Wildman–Crippen MR) is 132 cm³/mol. The molecule has 6 heteroatoms. The molecule has 1 heterocycles. The van der Waals surface area contributed by atoms with Crippen molar-refractivity contribution in [2.24, 2.45) is 0 Å². The molecule has 0 fully saturated rings. The van der Waals surface area contributed by atoms with Gasteiger partial charge >= 0.3 is 6.18 Å². The molecule has 182 valence electrons. The van der Waals surface area contributed by atoms with Crippen LogP contribution >= 0.6 is 0 Å². The minimum absolute atomic E-state index is 0.0391. The Bertz CT molecular complexity index is 1210. The normalized spacial score (nSPS) is 12.3. The zero-order valence-electron chi connectivity index (χ0n) is 19.8. The van der Waals surface area contributed by atoms with Crippen molar-refractivity contribution >= 4 is 0 Å². The average molecular weight is 479 g/mol. The van der Waals surface area contributed by atoms with Crippen LogP contribution in [0.2, 0.25) is 0 Å². The number of hydrogen-bond donors (Lipinski definition) is 1. The molecule has 0 aliphatic rings. The van der Waals surface area contributed by atoms with Gasteiger partial charge in [-0.1, -0.05) is 86.6 Å². The van der Waals surface area contributed by atoms with Gasteiger partial charge in [0.05, 0.1) is 16.9 Å². The largest absolute Gasteiger partial charge is 0.418 e. The van der Waals surface area contributed by atoms with Gasteiger partial charge < -0.3 is 9.67 Å². The minimum atomic E-state index is -4.56. The molecular weight excluding hydrogens is 449 g/mol. The lowest BCUT2D eigenvalue weighted by Crippen LogP contribution is -2.32. The molecule has 0 radical (unpaired) electrons. The third-order valence-electron chi connectivity index (χ3n) is 6.46. The summed E-state index contributed by atoms with van der Waals surface area (Å²) in [6, 6.07) is 25.7. The lowest BCUT2D eigenvalue weighted by atomic mass is 9.83. The van der Waals surface area contributed by atoms with Gasteiger partial charge in [-0.3, -0.25) is 4.90 Å². The van der Waals surface area contributed by atoms with E-state index in [2.05, 4.69) is 4.90 Å². The number of halogens is 3. The number of alkyl halides is 3. The minimum Gasteiger partial charge on any atom is -0.375 e. The quantitative estimate of drug-likeness (QED) is 0.308. The first-order valence-electron chi connectivity index (χ1n) is 11.7. The van der Waals surface area contributed by atoms with Gasteiger partial charge in [-0.25, -0.2) is 0 Å². The van der Waals surface area contributed by atoms with Crippen LogP contribution in [-0.4, -0.2) is 27.7 Å². The number of benzene rings is 3. The van der Waals surface area contributed by atoms with E-state index >= 15 is 0 Å². The molecule has 1 aromatic heterocycles. The van der Waals surface area contributed by atoms with Gasteiger partial charge in [-0.15, -0.1) is 0 Å². The monoisotopic (exact) mass is 478 g/mol. The number of hydrogen-bond acceptors (Lipinski definition) is 2. The number of para-hydroxylation sites is 1. The highest BCUT2D eigenvalue weighted by Gasteiger charge is 2.40. The van der Waals surface area contributed by atoms with E-state index in [0.29, 0.717) is 42.0 Å². The summed E-state index contributed by atoms with van der Waals surface area (Å²) in [5.74, 6) is 0. The van der Waals surface area contributed by atoms with Crippen molar-refractivity contribution < 1.29 is 18.3 Å². The number of aliphatic hydroxyl groups is 1. The van der Waals surface area contributed by atoms with Crippen molar-refractivity contribution in [2.75, 3.05) is 13.1 Å². The maximum Gasteiger partial charge on any atom is 0.418 e. The molecule has 0 spiro atoms. The second kappa shape index (κ2) is 10.1. The zero-order chi connectivity index (χ0) is 25.1. The van der Waals surface area contributed by atoms with Gasteiger partial charge in [-0.05, 0) is 48.0 Å². The Kier molecular flexibility index (Phi) is 7.15. The van der Waals surface area contributed by atoms with Crippen LogP contribution in [0.4, 0.5) is 13.2 Å². The van der Waals surface area contributed by atoms with Crippen molar-refractivity contribution in [1.82, 2.24) is 9.47 Å². The van der Waals surface area contributed by atoms with Crippen LogP contribution in [0.1, 0.15) is 41.8 Å². The van der Waals surface area contributed by atoms with Gasteiger partial charge in [0.2, 0.25) is 0 Å². The van der Waals surface area contributed by atoms with Crippen molar-refractivity contribution in [3.05, 3.63) is 125 Å². The third kappa shape index (κ3) is 4.77. The lowest BCUT2D eigenvalue weighted by molar-refractivity contribution is -0.137. The fraction of sp³-hybridized carbons (Fsp3) is 0.241. The second-order valence-corrected chi connectivity index (χ2v) is 8.48. The topological polar surface area (TPSA) is 28.4 Å². The highest BCUT2D eigenvalue weighted by Crippen LogP contribution is 2.41. The molecule has 4 aromatic rings. The first kappa shape index (κ1) is 24.8. The summed E-state index contributed by atoms with van der Waals surface area (Å²) in [4.78, 5) is 2.07. The maximum atomic E-state index is 14.3. The Balaban J connectivity index is 2.01. The molecule has 35 heavy (non-hydrogen) atoms. The van der Waals surface area contributed by atoms with Crippen molar-refractivity contribution in [3.63, 3.8) is 0 Å². The van der Waals surface area contributed by atoms with E-state index in [9.17, 15) is 18.3 Å². The Hall–Kier alpha value is -3.35. The first-order chi connectivity index (χ1) is 16.8. The van der Waals surface area contributed by atoms with Crippen molar-refractivity contribution in [3.8, 4) is 5.69 Å². The first-order valence-corrected chi connectivity index (χ1v) is 11.7. The van der Waals surface area contributed by atoms with Crippen molar-refractivity contribution in [2.45, 2.75) is 32.2 Å². The van der Waals surface area contributed by atoms with Crippen LogP contribution in [0.25, 0.3) is 5.69 Å². The summed E-state index contributed by atoms with van der Waals surface area (Å²) in [6.07, 6.45) is -2.96. The van der Waals surface area contributed by atoms with Gasteiger partial charge in [0, 0.05) is 12.7 Å². The summed E-state index contributed by atoms with van der Waals surface area (Å²) >= 11 is 0. The third-order valence-corrected chi connectivity index (χ3v) is 6.46. The van der Waals surface area contributed by atoms with Gasteiger partial charge in [0.1, 0.15) is 0 Å². The van der Waals surface area contributed by atoms with Gasteiger partial charge in [0.25, 0.3) is 0 Å². The molecule has 0 bridgehead atoms. The standard InChI is InChI=1S/C29H29F3N2O/c1-3-33(4-2)21-22-13-11-18-25(29(30,31)32)27(22)34-20-12-19-26(34)28(35,23-14-7-5-8-15-23)24-16-9-6-10-17-24/h5-20,35H,3-4,21H2,1-2H3. The molecule has 0 unspecified atom stereocenters. The molecule has 0 amide bonds. The van der Waals surface area contributed by atoms with Crippen LogP contribution in [0.15, 0.2) is 97.2 Å². The van der Waals surface area contributed by atoms with Gasteiger partial charge in [-0.2, -0.15) is 13.2 Å². The molecule has 0 aliphatic heterocycles. The molecular formula is C29H29F3N2O. The Morgan fingerprint density at radius 3 is 1.83 bits per heavy atom. The zero-order valence-corrected chi connectivity index (χ0v) is 19.8. The fourth-order valence-electron chi connectivity index (χ4n) is 4.61. The molecule has 0 atom stereocenters. The predicted octanol–water partition coefficient (Wildman–Crippen LogP) is 6.62. The SMILES string of the molecule is CCN(CC)Cc1cccc(C(F)(F)F)c1-n1cccc1C(O)(c1ccccc1)c1ccccc1. The Morgan fingerprint density at radius 1 is 0.743 bits per heavy atom.